The molecule has 0 bridgehead atoms. The van der Waals surface area contributed by atoms with E-state index in [9.17, 15) is 9.59 Å². The summed E-state index contributed by atoms with van der Waals surface area (Å²) in [5, 5.41) is 8.47. The van der Waals surface area contributed by atoms with Gasteiger partial charge in [0.05, 0.1) is 0 Å². The highest BCUT2D eigenvalue weighted by Gasteiger charge is 2.41. The molecule has 0 spiro atoms. The van der Waals surface area contributed by atoms with Crippen LogP contribution in [0.15, 0.2) is 5.51 Å². The largest absolute Gasteiger partial charge is 0.444 e. The Bertz CT molecular complexity index is 604. The maximum atomic E-state index is 13.3. The molecule has 1 fully saturated rings. The third-order valence-electron chi connectivity index (χ3n) is 3.85. The minimum absolute atomic E-state index is 0.130. The Kier molecular flexibility index (Phi) is 5.71. The van der Waals surface area contributed by atoms with Crippen molar-refractivity contribution in [2.45, 2.75) is 78.0 Å². The van der Waals surface area contributed by atoms with Crippen LogP contribution in [0.5, 0.6) is 0 Å². The summed E-state index contributed by atoms with van der Waals surface area (Å²) in [6.45, 7) is 11.9. The number of piperidine rings is 1. The number of anilines is 1. The molecule has 8 heteroatoms. The quantitative estimate of drug-likeness (QED) is 0.799. The first-order valence-electron chi connectivity index (χ1n) is 8.60. The number of rotatable bonds is 2. The third-order valence-corrected chi connectivity index (χ3v) is 4.52. The van der Waals surface area contributed by atoms with Crippen LogP contribution in [0.2, 0.25) is 0 Å². The van der Waals surface area contributed by atoms with E-state index in [-0.39, 0.29) is 5.91 Å². The lowest BCUT2D eigenvalue weighted by molar-refractivity contribution is -0.126. The van der Waals surface area contributed by atoms with E-state index in [1.807, 2.05) is 41.5 Å². The Hall–Kier alpha value is -1.70. The Morgan fingerprint density at radius 1 is 1.24 bits per heavy atom. The molecule has 2 heterocycles. The summed E-state index contributed by atoms with van der Waals surface area (Å²) in [6.07, 6.45) is 1.97. The topological polar surface area (TPSA) is 75.6 Å². The van der Waals surface area contributed by atoms with Crippen molar-refractivity contribution in [2.75, 3.05) is 11.4 Å². The van der Waals surface area contributed by atoms with E-state index in [1.165, 1.54) is 11.3 Å². The molecule has 0 aliphatic carbocycles. The number of ether oxygens (including phenoxy) is 1. The van der Waals surface area contributed by atoms with Gasteiger partial charge >= 0.3 is 6.09 Å². The van der Waals surface area contributed by atoms with E-state index in [2.05, 4.69) is 10.2 Å². The number of nitrogens with zero attached hydrogens (tertiary/aromatic N) is 4. The van der Waals surface area contributed by atoms with Crippen molar-refractivity contribution in [3.05, 3.63) is 5.51 Å². The van der Waals surface area contributed by atoms with Crippen LogP contribution < -0.4 is 4.90 Å². The second-order valence-electron chi connectivity index (χ2n) is 8.25. The maximum Gasteiger partial charge on any atom is 0.410 e. The zero-order valence-electron chi connectivity index (χ0n) is 15.9. The van der Waals surface area contributed by atoms with Gasteiger partial charge in [-0.2, -0.15) is 0 Å². The molecule has 1 saturated heterocycles. The Morgan fingerprint density at radius 2 is 1.92 bits per heavy atom. The number of hydrogen-bond donors (Lipinski definition) is 0. The lowest BCUT2D eigenvalue weighted by Crippen LogP contribution is -2.58. The average molecular weight is 369 g/mol. The maximum absolute atomic E-state index is 13.3. The normalized spacial score (nSPS) is 18.8. The van der Waals surface area contributed by atoms with Crippen LogP contribution in [-0.2, 0) is 9.53 Å². The SMILES string of the molecule is CC(C)(C)OC(=O)N1CCCCC1C(=O)N(c1nncs1)C(C)(C)C. The van der Waals surface area contributed by atoms with Crippen molar-refractivity contribution >= 4 is 28.5 Å². The monoisotopic (exact) mass is 368 g/mol. The highest BCUT2D eigenvalue weighted by atomic mass is 32.1. The van der Waals surface area contributed by atoms with Crippen LogP contribution in [0.3, 0.4) is 0 Å². The van der Waals surface area contributed by atoms with Gasteiger partial charge in [-0.1, -0.05) is 11.3 Å². The summed E-state index contributed by atoms with van der Waals surface area (Å²) in [4.78, 5) is 29.2. The molecule has 1 aliphatic rings. The smallest absolute Gasteiger partial charge is 0.410 e. The van der Waals surface area contributed by atoms with Gasteiger partial charge in [0.15, 0.2) is 0 Å². The van der Waals surface area contributed by atoms with Crippen LogP contribution >= 0.6 is 11.3 Å². The van der Waals surface area contributed by atoms with Gasteiger partial charge < -0.3 is 4.74 Å². The number of hydrogen-bond acceptors (Lipinski definition) is 6. The summed E-state index contributed by atoms with van der Waals surface area (Å²) in [6, 6.07) is -0.535. The van der Waals surface area contributed by atoms with Gasteiger partial charge in [0.2, 0.25) is 5.13 Å². The molecule has 1 aromatic rings. The number of aromatic nitrogens is 2. The second-order valence-corrected chi connectivity index (χ2v) is 9.06. The van der Waals surface area contributed by atoms with Crippen LogP contribution in [0.25, 0.3) is 0 Å². The van der Waals surface area contributed by atoms with E-state index in [0.29, 0.717) is 18.1 Å². The molecule has 0 aromatic carbocycles. The number of likely N-dealkylation sites (tertiary alicyclic amines) is 1. The zero-order valence-corrected chi connectivity index (χ0v) is 16.7. The Morgan fingerprint density at radius 3 is 2.44 bits per heavy atom. The highest BCUT2D eigenvalue weighted by Crippen LogP contribution is 2.30. The van der Waals surface area contributed by atoms with Crippen LogP contribution in [0, 0.1) is 0 Å². The lowest BCUT2D eigenvalue weighted by Gasteiger charge is -2.41. The standard InChI is InChI=1S/C17H28N4O3S/c1-16(2,3)21(14-19-18-11-25-14)13(22)12-9-7-8-10-20(12)15(23)24-17(4,5)6/h11-12H,7-10H2,1-6H3. The summed E-state index contributed by atoms with van der Waals surface area (Å²) >= 11 is 1.32. The number of amides is 2. The van der Waals surface area contributed by atoms with E-state index in [4.69, 9.17) is 4.74 Å². The zero-order chi connectivity index (χ0) is 18.8. The molecule has 0 radical (unpaired) electrons. The summed E-state index contributed by atoms with van der Waals surface area (Å²) < 4.78 is 5.50. The van der Waals surface area contributed by atoms with Gasteiger partial charge in [0.1, 0.15) is 17.2 Å². The molecule has 2 rings (SSSR count). The minimum atomic E-state index is -0.592. The second kappa shape index (κ2) is 7.27. The molecule has 1 atom stereocenters. The van der Waals surface area contributed by atoms with Crippen LogP contribution in [0.1, 0.15) is 60.8 Å². The van der Waals surface area contributed by atoms with E-state index in [0.717, 1.165) is 12.8 Å². The molecule has 0 N–H and O–H groups in total. The van der Waals surface area contributed by atoms with E-state index >= 15 is 0 Å². The highest BCUT2D eigenvalue weighted by molar-refractivity contribution is 7.13. The van der Waals surface area contributed by atoms with Crippen molar-refractivity contribution in [1.29, 1.82) is 0 Å². The first-order chi connectivity index (χ1) is 11.5. The molecule has 2 amide bonds. The molecule has 1 unspecified atom stereocenters. The van der Waals surface area contributed by atoms with Crippen LogP contribution in [-0.4, -0.2) is 50.8 Å². The Labute approximate surface area is 153 Å². The molecule has 140 valence electrons. The fourth-order valence-corrected chi connectivity index (χ4v) is 3.60. The Balaban J connectivity index is 2.28. The first kappa shape index (κ1) is 19.6. The lowest BCUT2D eigenvalue weighted by atomic mass is 9.98. The minimum Gasteiger partial charge on any atom is -0.444 e. The van der Waals surface area contributed by atoms with Crippen molar-refractivity contribution in [3.8, 4) is 0 Å². The predicted octanol–water partition coefficient (Wildman–Crippen LogP) is 3.46. The van der Waals surface area contributed by atoms with Crippen LogP contribution in [0.4, 0.5) is 9.93 Å². The summed E-state index contributed by atoms with van der Waals surface area (Å²) in [5.41, 5.74) is 0.548. The van der Waals surface area contributed by atoms with Gasteiger partial charge in [-0.25, -0.2) is 4.79 Å². The van der Waals surface area contributed by atoms with E-state index in [1.54, 1.807) is 15.3 Å². The summed E-state index contributed by atoms with van der Waals surface area (Å²) in [7, 11) is 0. The fourth-order valence-electron chi connectivity index (χ4n) is 2.85. The summed E-state index contributed by atoms with van der Waals surface area (Å²) in [5.74, 6) is -0.130. The first-order valence-corrected chi connectivity index (χ1v) is 9.48. The third kappa shape index (κ3) is 4.90. The number of carbonyl (C=O) groups is 2. The molecule has 1 aliphatic heterocycles. The van der Waals surface area contributed by atoms with Gasteiger partial charge in [0, 0.05) is 12.1 Å². The van der Waals surface area contributed by atoms with Gasteiger partial charge in [-0.05, 0) is 60.8 Å². The molecule has 7 nitrogen and oxygen atoms in total. The van der Waals surface area contributed by atoms with E-state index < -0.39 is 23.3 Å². The molecular formula is C17H28N4O3S. The molecule has 0 saturated carbocycles. The van der Waals surface area contributed by atoms with Gasteiger partial charge in [-0.15, -0.1) is 10.2 Å². The van der Waals surface area contributed by atoms with Gasteiger partial charge in [0.25, 0.3) is 5.91 Å². The molecule has 1 aromatic heterocycles. The number of carbonyl (C=O) groups excluding carboxylic acids is 2. The van der Waals surface area contributed by atoms with Gasteiger partial charge in [-0.3, -0.25) is 14.6 Å². The van der Waals surface area contributed by atoms with Crippen molar-refractivity contribution < 1.29 is 14.3 Å². The van der Waals surface area contributed by atoms with Crippen molar-refractivity contribution in [2.24, 2.45) is 0 Å². The molecule has 25 heavy (non-hydrogen) atoms. The molecular weight excluding hydrogens is 340 g/mol. The average Bonchev–Trinajstić information content (AvgIpc) is 2.97. The van der Waals surface area contributed by atoms with Crippen molar-refractivity contribution in [1.82, 2.24) is 15.1 Å². The van der Waals surface area contributed by atoms with Crippen molar-refractivity contribution in [3.63, 3.8) is 0 Å². The predicted molar refractivity (Wildman–Crippen MR) is 97.7 cm³/mol. The fraction of sp³-hybridized carbons (Fsp3) is 0.765.